The summed E-state index contributed by atoms with van der Waals surface area (Å²) < 4.78 is 4.90. The monoisotopic (exact) mass is 648 g/mol. The van der Waals surface area contributed by atoms with Gasteiger partial charge in [-0.3, -0.25) is 0 Å². The van der Waals surface area contributed by atoms with E-state index >= 15 is 0 Å². The second kappa shape index (κ2) is 10.7. The van der Waals surface area contributed by atoms with E-state index in [0.717, 1.165) is 5.69 Å². The number of para-hydroxylation sites is 3. The average molecular weight is 649 g/mol. The summed E-state index contributed by atoms with van der Waals surface area (Å²) in [5.41, 5.74) is 14.5. The van der Waals surface area contributed by atoms with Crippen molar-refractivity contribution in [1.29, 1.82) is 0 Å². The predicted octanol–water partition coefficient (Wildman–Crippen LogP) is 12.2. The Morgan fingerprint density at radius 2 is 0.784 bits per heavy atom. The van der Waals surface area contributed by atoms with Gasteiger partial charge in [0.25, 0.3) is 0 Å². The van der Waals surface area contributed by atoms with Gasteiger partial charge in [0.05, 0.1) is 27.5 Å². The lowest BCUT2D eigenvalue weighted by molar-refractivity contribution is 0.767. The molecule has 0 aliphatic heterocycles. The van der Waals surface area contributed by atoms with Gasteiger partial charge in [-0.15, -0.1) is 0 Å². The van der Waals surface area contributed by atoms with Crippen molar-refractivity contribution in [2.75, 3.05) is 0 Å². The molecule has 0 N–H and O–H groups in total. The van der Waals surface area contributed by atoms with E-state index in [1.165, 1.54) is 82.7 Å². The van der Waals surface area contributed by atoms with Crippen LogP contribution in [0.5, 0.6) is 0 Å². The number of fused-ring (bicyclic) bond motifs is 10. The molecule has 0 saturated carbocycles. The van der Waals surface area contributed by atoms with Crippen molar-refractivity contribution >= 4 is 43.6 Å². The van der Waals surface area contributed by atoms with Crippen molar-refractivity contribution in [3.8, 4) is 22.5 Å². The molecule has 0 radical (unpaired) electrons. The Kier molecular flexibility index (Phi) is 5.91. The van der Waals surface area contributed by atoms with Gasteiger partial charge in [-0.2, -0.15) is 0 Å². The number of nitrogens with zero attached hydrogens (tertiary/aromatic N) is 2. The van der Waals surface area contributed by atoms with Crippen LogP contribution in [0.15, 0.2) is 194 Å². The second-order valence-electron chi connectivity index (χ2n) is 13.7. The molecule has 2 aromatic heterocycles. The van der Waals surface area contributed by atoms with E-state index in [1.807, 2.05) is 0 Å². The smallest absolute Gasteiger partial charge is 0.0714 e. The first-order valence-electron chi connectivity index (χ1n) is 17.7. The van der Waals surface area contributed by atoms with E-state index in [1.54, 1.807) is 0 Å². The minimum Gasteiger partial charge on any atom is -0.309 e. The van der Waals surface area contributed by atoms with Crippen LogP contribution in [0.4, 0.5) is 0 Å². The summed E-state index contributed by atoms with van der Waals surface area (Å²) >= 11 is 0. The van der Waals surface area contributed by atoms with Crippen LogP contribution in [0.2, 0.25) is 0 Å². The van der Waals surface area contributed by atoms with E-state index in [-0.39, 0.29) is 0 Å². The van der Waals surface area contributed by atoms with Crippen LogP contribution < -0.4 is 0 Å². The maximum Gasteiger partial charge on any atom is 0.0714 e. The number of aromatic nitrogens is 2. The van der Waals surface area contributed by atoms with Crippen LogP contribution in [0.1, 0.15) is 22.3 Å². The molecule has 238 valence electrons. The molecule has 0 fully saturated rings. The molecule has 2 nitrogen and oxygen atoms in total. The molecule has 8 aromatic carbocycles. The third-order valence-electron chi connectivity index (χ3n) is 11.2. The van der Waals surface area contributed by atoms with Gasteiger partial charge < -0.3 is 9.13 Å². The Morgan fingerprint density at radius 1 is 0.314 bits per heavy atom. The standard InChI is InChI=1S/C49H32N2/c1-4-16-33(17-5-1)49(34-18-6-2-7-19-34)41-25-13-10-22-37(41)38-29-28-36(32-42(38)49)51-44-27-15-12-24-40(44)48-46(51)31-30-45-47(48)39-23-11-14-26-43(39)50(45)35-20-8-3-9-21-35/h1-32H. The van der Waals surface area contributed by atoms with Crippen molar-refractivity contribution in [3.63, 3.8) is 0 Å². The van der Waals surface area contributed by atoms with Crippen LogP contribution in [0.25, 0.3) is 66.1 Å². The fourth-order valence-electron chi connectivity index (χ4n) is 9.22. The van der Waals surface area contributed by atoms with Crippen LogP contribution in [0.3, 0.4) is 0 Å². The van der Waals surface area contributed by atoms with Gasteiger partial charge in [0.2, 0.25) is 0 Å². The molecule has 1 aliphatic rings. The van der Waals surface area contributed by atoms with Crippen molar-refractivity contribution in [2.24, 2.45) is 0 Å². The van der Waals surface area contributed by atoms with Crippen LogP contribution in [-0.2, 0) is 5.41 Å². The predicted molar refractivity (Wildman–Crippen MR) is 212 cm³/mol. The fourth-order valence-corrected chi connectivity index (χ4v) is 9.22. The SMILES string of the molecule is c1ccc(-n2c3ccccc3c3c4c5ccccc5n(-c5ccc6c(c5)C(c5ccccc5)(c5ccccc5)c5ccccc5-6)c4ccc32)cc1. The first-order valence-corrected chi connectivity index (χ1v) is 17.7. The minimum atomic E-state index is -0.459. The zero-order chi connectivity index (χ0) is 33.5. The molecular weight excluding hydrogens is 617 g/mol. The summed E-state index contributed by atoms with van der Waals surface area (Å²) in [4.78, 5) is 0. The van der Waals surface area contributed by atoms with Gasteiger partial charge in [-0.25, -0.2) is 0 Å². The topological polar surface area (TPSA) is 9.86 Å². The van der Waals surface area contributed by atoms with Gasteiger partial charge in [0.15, 0.2) is 0 Å². The largest absolute Gasteiger partial charge is 0.309 e. The number of rotatable bonds is 4. The quantitative estimate of drug-likeness (QED) is 0.180. The Balaban J connectivity index is 1.25. The van der Waals surface area contributed by atoms with Gasteiger partial charge in [-0.1, -0.05) is 146 Å². The van der Waals surface area contributed by atoms with Crippen molar-refractivity contribution in [3.05, 3.63) is 216 Å². The molecule has 0 saturated heterocycles. The lowest BCUT2D eigenvalue weighted by Gasteiger charge is -2.34. The second-order valence-corrected chi connectivity index (χ2v) is 13.7. The first-order chi connectivity index (χ1) is 25.3. The highest BCUT2D eigenvalue weighted by Crippen LogP contribution is 2.56. The molecule has 51 heavy (non-hydrogen) atoms. The van der Waals surface area contributed by atoms with Gasteiger partial charge >= 0.3 is 0 Å². The molecule has 2 heterocycles. The summed E-state index contributed by atoms with van der Waals surface area (Å²) in [5, 5.41) is 5.10. The Morgan fingerprint density at radius 3 is 1.39 bits per heavy atom. The van der Waals surface area contributed by atoms with Gasteiger partial charge in [-0.05, 0) is 81.9 Å². The maximum atomic E-state index is 2.49. The molecule has 0 unspecified atom stereocenters. The van der Waals surface area contributed by atoms with E-state index in [2.05, 4.69) is 203 Å². The van der Waals surface area contributed by atoms with Crippen LogP contribution >= 0.6 is 0 Å². The Labute approximate surface area is 296 Å². The number of benzene rings is 8. The molecule has 0 bridgehead atoms. The lowest BCUT2D eigenvalue weighted by atomic mass is 9.67. The van der Waals surface area contributed by atoms with Crippen LogP contribution in [0, 0.1) is 0 Å². The van der Waals surface area contributed by atoms with Gasteiger partial charge in [0.1, 0.15) is 0 Å². The summed E-state index contributed by atoms with van der Waals surface area (Å²) in [6.45, 7) is 0. The third-order valence-corrected chi connectivity index (χ3v) is 11.2. The third kappa shape index (κ3) is 3.76. The molecule has 1 aliphatic carbocycles. The average Bonchev–Trinajstić information content (AvgIpc) is 3.83. The minimum absolute atomic E-state index is 0.459. The van der Waals surface area contributed by atoms with Crippen molar-refractivity contribution < 1.29 is 0 Å². The molecule has 11 rings (SSSR count). The molecule has 0 amide bonds. The molecule has 0 spiro atoms. The van der Waals surface area contributed by atoms with Gasteiger partial charge in [0, 0.05) is 32.9 Å². The maximum absolute atomic E-state index is 2.49. The highest BCUT2D eigenvalue weighted by Gasteiger charge is 2.46. The van der Waals surface area contributed by atoms with E-state index in [9.17, 15) is 0 Å². The fraction of sp³-hybridized carbons (Fsp3) is 0.0204. The Bertz CT molecular complexity index is 2910. The van der Waals surface area contributed by atoms with E-state index in [4.69, 9.17) is 0 Å². The summed E-state index contributed by atoms with van der Waals surface area (Å²) in [7, 11) is 0. The highest BCUT2D eigenvalue weighted by atomic mass is 15.0. The molecule has 2 heteroatoms. The number of hydrogen-bond donors (Lipinski definition) is 0. The molecular formula is C49H32N2. The highest BCUT2D eigenvalue weighted by molar-refractivity contribution is 6.28. The first kappa shape index (κ1) is 28.2. The summed E-state index contributed by atoms with van der Waals surface area (Å²) in [5.74, 6) is 0. The lowest BCUT2D eigenvalue weighted by Crippen LogP contribution is -2.28. The zero-order valence-electron chi connectivity index (χ0n) is 27.9. The number of hydrogen-bond acceptors (Lipinski definition) is 0. The van der Waals surface area contributed by atoms with Crippen molar-refractivity contribution in [1.82, 2.24) is 9.13 Å². The Hall–Kier alpha value is -6.64. The molecule has 10 aromatic rings. The van der Waals surface area contributed by atoms with Crippen molar-refractivity contribution in [2.45, 2.75) is 5.41 Å². The zero-order valence-corrected chi connectivity index (χ0v) is 27.9. The summed E-state index contributed by atoms with van der Waals surface area (Å²) in [6, 6.07) is 71.4. The summed E-state index contributed by atoms with van der Waals surface area (Å²) in [6.07, 6.45) is 0. The van der Waals surface area contributed by atoms with E-state index < -0.39 is 5.41 Å². The van der Waals surface area contributed by atoms with E-state index in [0.29, 0.717) is 0 Å². The van der Waals surface area contributed by atoms with Crippen LogP contribution in [-0.4, -0.2) is 9.13 Å². The molecule has 0 atom stereocenters. The normalized spacial score (nSPS) is 13.3.